The first-order valence-electron chi connectivity index (χ1n) is 10.3. The molecule has 4 aromatic rings. The van der Waals surface area contributed by atoms with Crippen molar-refractivity contribution in [2.75, 3.05) is 12.5 Å². The molecule has 4 rings (SSSR count). The highest BCUT2D eigenvalue weighted by Crippen LogP contribution is 2.68. The summed E-state index contributed by atoms with van der Waals surface area (Å²) in [5.41, 5.74) is 1.30. The lowest BCUT2D eigenvalue weighted by atomic mass is 10.2. The summed E-state index contributed by atoms with van der Waals surface area (Å²) >= 11 is 3.71. The second kappa shape index (κ2) is 10.4. The predicted octanol–water partition coefficient (Wildman–Crippen LogP) is 7.03. The third-order valence-electron chi connectivity index (χ3n) is 5.38. The van der Waals surface area contributed by atoms with Crippen LogP contribution in [0.1, 0.15) is 5.56 Å². The topological polar surface area (TPSA) is 0 Å². The van der Waals surface area contributed by atoms with E-state index in [-0.39, 0.29) is 0 Å². The zero-order valence-electron chi connectivity index (χ0n) is 17.8. The smallest absolute Gasteiger partial charge is 0.119 e. The third kappa shape index (κ3) is 4.26. The maximum atomic E-state index is 2.31. The minimum absolute atomic E-state index is 1.30. The standard InChI is InChI=1S/C28H26PS2/c1-30-28(31-2)27(23-15-7-3-8-16-23)29(24-17-9-4-10-18-24,25-19-11-5-12-20-25)26-21-13-6-14-22-26/h3-22H,1-2H3/q+1. The molecule has 31 heavy (non-hydrogen) atoms. The Kier molecular flexibility index (Phi) is 7.35. The van der Waals surface area contributed by atoms with Crippen LogP contribution in [0.3, 0.4) is 0 Å². The van der Waals surface area contributed by atoms with Crippen LogP contribution in [-0.4, -0.2) is 12.5 Å². The summed E-state index contributed by atoms with van der Waals surface area (Å²) in [4.78, 5) is 0. The second-order valence-electron chi connectivity index (χ2n) is 7.09. The van der Waals surface area contributed by atoms with Crippen molar-refractivity contribution in [3.8, 4) is 0 Å². The molecule has 0 atom stereocenters. The van der Waals surface area contributed by atoms with Gasteiger partial charge in [-0.3, -0.25) is 0 Å². The van der Waals surface area contributed by atoms with Gasteiger partial charge < -0.3 is 0 Å². The van der Waals surface area contributed by atoms with Crippen molar-refractivity contribution < 1.29 is 0 Å². The van der Waals surface area contributed by atoms with Gasteiger partial charge in [-0.05, 0) is 48.9 Å². The zero-order chi connectivity index (χ0) is 21.5. The molecule has 0 radical (unpaired) electrons. The molecular formula is C28H26PS2+. The maximum Gasteiger partial charge on any atom is 0.146 e. The van der Waals surface area contributed by atoms with E-state index in [1.165, 1.54) is 31.0 Å². The van der Waals surface area contributed by atoms with Crippen LogP contribution in [-0.2, 0) is 0 Å². The molecule has 0 aromatic heterocycles. The van der Waals surface area contributed by atoms with Crippen molar-refractivity contribution in [3.63, 3.8) is 0 Å². The highest BCUT2D eigenvalue weighted by atomic mass is 32.2. The molecule has 0 aliphatic heterocycles. The van der Waals surface area contributed by atoms with Gasteiger partial charge in [0.1, 0.15) is 28.5 Å². The van der Waals surface area contributed by atoms with Crippen molar-refractivity contribution in [3.05, 3.63) is 131 Å². The summed E-state index contributed by atoms with van der Waals surface area (Å²) in [7, 11) is -2.14. The lowest BCUT2D eigenvalue weighted by molar-refractivity contribution is 1.64. The van der Waals surface area contributed by atoms with E-state index in [9.17, 15) is 0 Å². The van der Waals surface area contributed by atoms with Crippen molar-refractivity contribution in [1.29, 1.82) is 0 Å². The number of thioether (sulfide) groups is 2. The van der Waals surface area contributed by atoms with Crippen LogP contribution in [0, 0.1) is 0 Å². The quantitative estimate of drug-likeness (QED) is 0.273. The minimum atomic E-state index is -2.14. The summed E-state index contributed by atoms with van der Waals surface area (Å²) in [6.07, 6.45) is 4.40. The first-order chi connectivity index (χ1) is 15.3. The summed E-state index contributed by atoms with van der Waals surface area (Å²) in [5, 5.41) is 5.59. The van der Waals surface area contributed by atoms with Gasteiger partial charge in [0.05, 0.1) is 4.24 Å². The Morgan fingerprint density at radius 1 is 0.484 bits per heavy atom. The van der Waals surface area contributed by atoms with Gasteiger partial charge in [-0.15, -0.1) is 23.5 Å². The summed E-state index contributed by atoms with van der Waals surface area (Å²) in [6, 6.07) is 44.2. The molecule has 0 spiro atoms. The van der Waals surface area contributed by atoms with Crippen LogP contribution >= 0.6 is 30.8 Å². The van der Waals surface area contributed by atoms with Gasteiger partial charge >= 0.3 is 0 Å². The minimum Gasteiger partial charge on any atom is -0.119 e. The van der Waals surface area contributed by atoms with Gasteiger partial charge in [0.2, 0.25) is 0 Å². The van der Waals surface area contributed by atoms with Gasteiger partial charge in [-0.1, -0.05) is 84.9 Å². The van der Waals surface area contributed by atoms with Crippen LogP contribution in [0.5, 0.6) is 0 Å². The monoisotopic (exact) mass is 457 g/mol. The van der Waals surface area contributed by atoms with Gasteiger partial charge in [0.15, 0.2) is 0 Å². The SMILES string of the molecule is CSC(SC)=C(c1ccccc1)[P+](c1ccccc1)(c1ccccc1)c1ccccc1. The van der Waals surface area contributed by atoms with Crippen LogP contribution < -0.4 is 15.9 Å². The van der Waals surface area contributed by atoms with Gasteiger partial charge in [0, 0.05) is 5.56 Å². The lowest BCUT2D eigenvalue weighted by Crippen LogP contribution is -2.32. The molecule has 0 amide bonds. The van der Waals surface area contributed by atoms with E-state index in [1.807, 2.05) is 23.5 Å². The molecule has 0 saturated heterocycles. The van der Waals surface area contributed by atoms with Gasteiger partial charge in [-0.25, -0.2) is 0 Å². The highest BCUT2D eigenvalue weighted by molar-refractivity contribution is 8.23. The molecule has 0 unspecified atom stereocenters. The van der Waals surface area contributed by atoms with Gasteiger partial charge in [0.25, 0.3) is 0 Å². The Morgan fingerprint density at radius 3 is 1.13 bits per heavy atom. The first-order valence-corrected chi connectivity index (χ1v) is 14.5. The Labute approximate surface area is 195 Å². The summed E-state index contributed by atoms with van der Waals surface area (Å²) < 4.78 is 1.37. The molecule has 154 valence electrons. The third-order valence-corrected chi connectivity index (χ3v) is 12.2. The van der Waals surface area contributed by atoms with Crippen LogP contribution in [0.15, 0.2) is 126 Å². The van der Waals surface area contributed by atoms with E-state index in [1.54, 1.807) is 0 Å². The molecule has 3 heteroatoms. The normalized spacial score (nSPS) is 11.2. The first kappa shape index (κ1) is 22.0. The van der Waals surface area contributed by atoms with Crippen LogP contribution in [0.2, 0.25) is 0 Å². The number of benzene rings is 4. The Balaban J connectivity index is 2.22. The Morgan fingerprint density at radius 2 is 0.806 bits per heavy atom. The van der Waals surface area contributed by atoms with E-state index in [0.717, 1.165) is 0 Å². The lowest BCUT2D eigenvalue weighted by Gasteiger charge is -2.31. The number of hydrogen-bond donors (Lipinski definition) is 0. The zero-order valence-corrected chi connectivity index (χ0v) is 20.3. The van der Waals surface area contributed by atoms with Crippen LogP contribution in [0.25, 0.3) is 5.31 Å². The van der Waals surface area contributed by atoms with E-state index in [0.29, 0.717) is 0 Å². The maximum absolute atomic E-state index is 2.31. The molecule has 0 fully saturated rings. The molecule has 0 aliphatic rings. The molecule has 0 heterocycles. The van der Waals surface area contributed by atoms with E-state index < -0.39 is 7.26 Å². The molecule has 0 N–H and O–H groups in total. The van der Waals surface area contributed by atoms with Gasteiger partial charge in [-0.2, -0.15) is 0 Å². The Bertz CT molecular complexity index is 1020. The van der Waals surface area contributed by atoms with E-state index in [2.05, 4.69) is 134 Å². The summed E-state index contributed by atoms with van der Waals surface area (Å²) in [6.45, 7) is 0. The number of hydrogen-bond acceptors (Lipinski definition) is 2. The summed E-state index contributed by atoms with van der Waals surface area (Å²) in [5.74, 6) is 0. The fraction of sp³-hybridized carbons (Fsp3) is 0.0714. The fourth-order valence-corrected chi connectivity index (χ4v) is 11.1. The average molecular weight is 458 g/mol. The van der Waals surface area contributed by atoms with E-state index >= 15 is 0 Å². The van der Waals surface area contributed by atoms with Crippen molar-refractivity contribution >= 4 is 52.0 Å². The molecule has 4 aromatic carbocycles. The average Bonchev–Trinajstić information content (AvgIpc) is 2.86. The molecular weight excluding hydrogens is 431 g/mol. The highest BCUT2D eigenvalue weighted by Gasteiger charge is 2.51. The largest absolute Gasteiger partial charge is 0.146 e. The fourth-order valence-electron chi connectivity index (χ4n) is 4.11. The molecule has 0 nitrogen and oxygen atoms in total. The predicted molar refractivity (Wildman–Crippen MR) is 146 cm³/mol. The molecule has 0 saturated carbocycles. The van der Waals surface area contributed by atoms with Crippen molar-refractivity contribution in [2.45, 2.75) is 0 Å². The number of rotatable bonds is 7. The van der Waals surface area contributed by atoms with Crippen molar-refractivity contribution in [2.24, 2.45) is 0 Å². The molecule has 0 bridgehead atoms. The molecule has 0 aliphatic carbocycles. The van der Waals surface area contributed by atoms with Crippen molar-refractivity contribution in [1.82, 2.24) is 0 Å². The van der Waals surface area contributed by atoms with E-state index in [4.69, 9.17) is 0 Å². The second-order valence-corrected chi connectivity index (χ2v) is 12.3. The van der Waals surface area contributed by atoms with Crippen LogP contribution in [0.4, 0.5) is 0 Å². The Hall–Kier alpha value is -2.25.